The van der Waals surface area contributed by atoms with Gasteiger partial charge in [-0.25, -0.2) is 4.79 Å². The van der Waals surface area contributed by atoms with Gasteiger partial charge in [0.1, 0.15) is 18.8 Å². The van der Waals surface area contributed by atoms with Crippen LogP contribution in [0.15, 0.2) is 30.3 Å². The van der Waals surface area contributed by atoms with Crippen molar-refractivity contribution >= 4 is 17.8 Å². The number of carbonyl (C=O) groups is 3. The van der Waals surface area contributed by atoms with E-state index in [1.165, 1.54) is 6.92 Å². The summed E-state index contributed by atoms with van der Waals surface area (Å²) in [5.41, 5.74) is 0.926. The Labute approximate surface area is 129 Å². The molecule has 6 nitrogen and oxygen atoms in total. The molecule has 0 heterocycles. The minimum Gasteiger partial charge on any atom is -0.465 e. The van der Waals surface area contributed by atoms with Gasteiger partial charge in [-0.3, -0.25) is 9.59 Å². The molecule has 0 radical (unpaired) electrons. The van der Waals surface area contributed by atoms with Crippen molar-refractivity contribution < 1.29 is 23.9 Å². The third-order valence-electron chi connectivity index (χ3n) is 2.71. The van der Waals surface area contributed by atoms with Gasteiger partial charge in [0, 0.05) is 6.54 Å². The van der Waals surface area contributed by atoms with Crippen molar-refractivity contribution in [2.24, 2.45) is 0 Å². The van der Waals surface area contributed by atoms with Gasteiger partial charge in [0.25, 0.3) is 0 Å². The summed E-state index contributed by atoms with van der Waals surface area (Å²) in [5, 5.41) is 2.62. The first-order valence-corrected chi connectivity index (χ1v) is 7.17. The average Bonchev–Trinajstić information content (AvgIpc) is 2.49. The quantitative estimate of drug-likeness (QED) is 0.430. The van der Waals surface area contributed by atoms with Crippen LogP contribution in [0.4, 0.5) is 4.79 Å². The summed E-state index contributed by atoms with van der Waals surface area (Å²) in [5.74, 6) is -0.726. The molecular weight excluding hydrogens is 286 g/mol. The number of alkyl carbamates (subject to hydrolysis) is 1. The third kappa shape index (κ3) is 8.73. The summed E-state index contributed by atoms with van der Waals surface area (Å²) in [7, 11) is 0. The van der Waals surface area contributed by atoms with Crippen LogP contribution in [0, 0.1) is 0 Å². The van der Waals surface area contributed by atoms with Crippen LogP contribution >= 0.6 is 0 Å². The fraction of sp³-hybridized carbons (Fsp3) is 0.438. The van der Waals surface area contributed by atoms with Crippen LogP contribution in [-0.2, 0) is 25.7 Å². The molecule has 120 valence electrons. The van der Waals surface area contributed by atoms with Crippen LogP contribution < -0.4 is 5.32 Å². The number of amides is 1. The van der Waals surface area contributed by atoms with E-state index in [1.807, 2.05) is 30.3 Å². The molecule has 0 bridgehead atoms. The van der Waals surface area contributed by atoms with Crippen molar-refractivity contribution in [3.05, 3.63) is 35.9 Å². The highest BCUT2D eigenvalue weighted by molar-refractivity contribution is 5.94. The topological polar surface area (TPSA) is 81.7 Å². The van der Waals surface area contributed by atoms with E-state index >= 15 is 0 Å². The molecule has 0 saturated heterocycles. The van der Waals surface area contributed by atoms with E-state index in [2.05, 4.69) is 5.32 Å². The maximum atomic E-state index is 11.4. The molecule has 0 spiro atoms. The second kappa shape index (κ2) is 10.4. The molecule has 1 rings (SSSR count). The van der Waals surface area contributed by atoms with E-state index in [-0.39, 0.29) is 25.4 Å². The van der Waals surface area contributed by atoms with E-state index in [1.54, 1.807) is 0 Å². The molecule has 0 saturated carbocycles. The number of carbonyl (C=O) groups excluding carboxylic acids is 3. The van der Waals surface area contributed by atoms with Crippen molar-refractivity contribution in [2.75, 3.05) is 13.2 Å². The van der Waals surface area contributed by atoms with Crippen molar-refractivity contribution in [3.63, 3.8) is 0 Å². The number of ether oxygens (including phenoxy) is 2. The molecule has 1 amide bonds. The lowest BCUT2D eigenvalue weighted by atomic mass is 10.2. The number of hydrogen-bond acceptors (Lipinski definition) is 5. The van der Waals surface area contributed by atoms with Crippen LogP contribution in [0.5, 0.6) is 0 Å². The largest absolute Gasteiger partial charge is 0.465 e. The fourth-order valence-electron chi connectivity index (χ4n) is 1.63. The van der Waals surface area contributed by atoms with Crippen molar-refractivity contribution in [3.8, 4) is 0 Å². The number of hydrogen-bond donors (Lipinski definition) is 1. The third-order valence-corrected chi connectivity index (χ3v) is 2.71. The minimum absolute atomic E-state index is 0.190. The molecule has 1 N–H and O–H groups in total. The van der Waals surface area contributed by atoms with E-state index in [0.29, 0.717) is 19.4 Å². The first kappa shape index (κ1) is 17.7. The Hall–Kier alpha value is -2.37. The molecule has 1 aromatic carbocycles. The highest BCUT2D eigenvalue weighted by Crippen LogP contribution is 2.00. The van der Waals surface area contributed by atoms with Gasteiger partial charge in [-0.2, -0.15) is 0 Å². The standard InChI is InChI=1S/C16H21NO5/c1-13(18)11-15(19)21-10-6-5-9-17-16(20)22-12-14-7-3-2-4-8-14/h2-4,7-8H,5-6,9-12H2,1H3,(H,17,20). The summed E-state index contributed by atoms with van der Waals surface area (Å²) in [6.45, 7) is 2.26. The van der Waals surface area contributed by atoms with Crippen molar-refractivity contribution in [2.45, 2.75) is 32.8 Å². The molecule has 0 atom stereocenters. The van der Waals surface area contributed by atoms with E-state index < -0.39 is 12.1 Å². The Morgan fingerprint density at radius 2 is 1.77 bits per heavy atom. The molecule has 22 heavy (non-hydrogen) atoms. The van der Waals surface area contributed by atoms with Crippen molar-refractivity contribution in [1.82, 2.24) is 5.32 Å². The Kier molecular flexibility index (Phi) is 8.33. The van der Waals surface area contributed by atoms with Crippen LogP contribution in [0.1, 0.15) is 31.7 Å². The Bertz CT molecular complexity index is 487. The fourth-order valence-corrected chi connectivity index (χ4v) is 1.63. The highest BCUT2D eigenvalue weighted by atomic mass is 16.5. The second-order valence-corrected chi connectivity index (χ2v) is 4.79. The SMILES string of the molecule is CC(=O)CC(=O)OCCCCNC(=O)OCc1ccccc1. The van der Waals surface area contributed by atoms with Crippen LogP contribution in [0.2, 0.25) is 0 Å². The van der Waals surface area contributed by atoms with Gasteiger partial charge >= 0.3 is 12.1 Å². The van der Waals surface area contributed by atoms with Crippen LogP contribution in [-0.4, -0.2) is 31.0 Å². The summed E-state index contributed by atoms with van der Waals surface area (Å²) in [6.07, 6.45) is 0.609. The van der Waals surface area contributed by atoms with E-state index in [4.69, 9.17) is 9.47 Å². The normalized spacial score (nSPS) is 9.86. The number of ketones is 1. The minimum atomic E-state index is -0.511. The number of nitrogens with one attached hydrogen (secondary N) is 1. The number of esters is 1. The molecule has 1 aromatic rings. The van der Waals surface area contributed by atoms with Gasteiger partial charge in [0.05, 0.1) is 6.61 Å². The summed E-state index contributed by atoms with van der Waals surface area (Å²) >= 11 is 0. The first-order chi connectivity index (χ1) is 10.6. The zero-order valence-corrected chi connectivity index (χ0v) is 12.7. The summed E-state index contributed by atoms with van der Waals surface area (Å²) < 4.78 is 9.91. The molecule has 0 fully saturated rings. The maximum absolute atomic E-state index is 11.4. The van der Waals surface area contributed by atoms with Crippen molar-refractivity contribution in [1.29, 1.82) is 0 Å². The predicted molar refractivity (Wildman–Crippen MR) is 80.1 cm³/mol. The lowest BCUT2D eigenvalue weighted by molar-refractivity contribution is -0.145. The van der Waals surface area contributed by atoms with Gasteiger partial charge in [-0.05, 0) is 25.3 Å². The van der Waals surface area contributed by atoms with Gasteiger partial charge in [0.15, 0.2) is 0 Å². The monoisotopic (exact) mass is 307 g/mol. The average molecular weight is 307 g/mol. The first-order valence-electron chi connectivity index (χ1n) is 7.17. The lowest BCUT2D eigenvalue weighted by Crippen LogP contribution is -2.25. The number of benzene rings is 1. The maximum Gasteiger partial charge on any atom is 0.407 e. The van der Waals surface area contributed by atoms with Crippen LogP contribution in [0.25, 0.3) is 0 Å². The molecule has 0 aliphatic carbocycles. The predicted octanol–water partition coefficient (Wildman–Crippen LogP) is 2.22. The molecule has 6 heteroatoms. The Balaban J connectivity index is 1.99. The molecular formula is C16H21NO5. The lowest BCUT2D eigenvalue weighted by Gasteiger charge is -2.07. The summed E-state index contributed by atoms with van der Waals surface area (Å²) in [6, 6.07) is 9.41. The molecule has 0 unspecified atom stereocenters. The van der Waals surface area contributed by atoms with Gasteiger partial charge in [-0.1, -0.05) is 30.3 Å². The van der Waals surface area contributed by atoms with Gasteiger partial charge < -0.3 is 14.8 Å². The zero-order valence-electron chi connectivity index (χ0n) is 12.7. The van der Waals surface area contributed by atoms with E-state index in [0.717, 1.165) is 5.56 Å². The number of Topliss-reactive ketones (excluding diaryl/α,β-unsaturated/α-hetero) is 1. The molecule has 0 aliphatic rings. The smallest absolute Gasteiger partial charge is 0.407 e. The molecule has 0 aliphatic heterocycles. The Morgan fingerprint density at radius 3 is 2.45 bits per heavy atom. The summed E-state index contributed by atoms with van der Waals surface area (Å²) in [4.78, 5) is 33.2. The van der Waals surface area contributed by atoms with Gasteiger partial charge in [0.2, 0.25) is 0 Å². The number of unbranched alkanes of at least 4 members (excludes halogenated alkanes) is 1. The molecule has 0 aromatic heterocycles. The zero-order chi connectivity index (χ0) is 16.2. The number of rotatable bonds is 9. The Morgan fingerprint density at radius 1 is 1.05 bits per heavy atom. The van der Waals surface area contributed by atoms with E-state index in [9.17, 15) is 14.4 Å². The van der Waals surface area contributed by atoms with Crippen LogP contribution in [0.3, 0.4) is 0 Å². The highest BCUT2D eigenvalue weighted by Gasteiger charge is 2.06. The van der Waals surface area contributed by atoms with Gasteiger partial charge in [-0.15, -0.1) is 0 Å². The second-order valence-electron chi connectivity index (χ2n) is 4.79.